The third kappa shape index (κ3) is 5.26. The highest BCUT2D eigenvalue weighted by Gasteiger charge is 2.60. The van der Waals surface area contributed by atoms with Gasteiger partial charge in [-0.2, -0.15) is 5.26 Å². The molecule has 0 radical (unpaired) electrons. The van der Waals surface area contributed by atoms with Crippen LogP contribution in [0.25, 0.3) is 0 Å². The summed E-state index contributed by atoms with van der Waals surface area (Å²) in [5.41, 5.74) is 1.39. The van der Waals surface area contributed by atoms with E-state index in [4.69, 9.17) is 11.6 Å². The lowest BCUT2D eigenvalue weighted by Crippen LogP contribution is -2.69. The summed E-state index contributed by atoms with van der Waals surface area (Å²) >= 11 is 6.14. The van der Waals surface area contributed by atoms with Crippen molar-refractivity contribution in [3.8, 4) is 6.07 Å². The van der Waals surface area contributed by atoms with E-state index in [1.165, 1.54) is 4.90 Å². The van der Waals surface area contributed by atoms with Gasteiger partial charge in [-0.1, -0.05) is 17.7 Å². The molecule has 0 aromatic heterocycles. The van der Waals surface area contributed by atoms with E-state index in [9.17, 15) is 28.4 Å². The first-order chi connectivity index (χ1) is 17.1. The molecule has 4 aliphatic rings. The van der Waals surface area contributed by atoms with Crippen LogP contribution in [-0.4, -0.2) is 59.8 Å². The van der Waals surface area contributed by atoms with Gasteiger partial charge in [-0.3, -0.25) is 14.4 Å². The van der Waals surface area contributed by atoms with Crippen molar-refractivity contribution in [2.75, 3.05) is 18.4 Å². The molecular weight excluding hydrogens is 492 g/mol. The number of alkyl halides is 2. The molecule has 1 aromatic rings. The Morgan fingerprint density at radius 3 is 2.81 bits per heavy atom. The molecule has 36 heavy (non-hydrogen) atoms. The van der Waals surface area contributed by atoms with E-state index >= 15 is 0 Å². The molecule has 1 aliphatic carbocycles. The van der Waals surface area contributed by atoms with Crippen LogP contribution in [0.15, 0.2) is 18.2 Å². The molecule has 0 spiro atoms. The van der Waals surface area contributed by atoms with Gasteiger partial charge in [-0.25, -0.2) is 8.78 Å². The number of anilines is 1. The molecule has 1 aromatic carbocycles. The molecule has 3 N–H and O–H groups in total. The lowest BCUT2D eigenvalue weighted by atomic mass is 9.71. The number of nitrogens with one attached hydrogen (secondary N) is 3. The molecule has 0 unspecified atom stereocenters. The lowest BCUT2D eigenvalue weighted by Gasteiger charge is -2.53. The number of amides is 3. The SMILES string of the molecule is Cc1c(Cl)cccc1NCC(=O)N1[C@H]2CC[C@@H]([C@H]1C(=O)N[C@H](C#N)C[C@@H]1CCCNC1=O)C(F)(F)C2. The van der Waals surface area contributed by atoms with Crippen molar-refractivity contribution >= 4 is 35.0 Å². The molecule has 3 saturated heterocycles. The van der Waals surface area contributed by atoms with Crippen molar-refractivity contribution in [3.63, 3.8) is 0 Å². The predicted octanol–water partition coefficient (Wildman–Crippen LogP) is 3.00. The van der Waals surface area contributed by atoms with Gasteiger partial charge in [-0.15, -0.1) is 0 Å². The number of nitriles is 1. The van der Waals surface area contributed by atoms with Crippen LogP contribution in [0.1, 0.15) is 44.1 Å². The van der Waals surface area contributed by atoms with Crippen molar-refractivity contribution in [2.24, 2.45) is 11.8 Å². The van der Waals surface area contributed by atoms with Gasteiger partial charge in [-0.05, 0) is 56.7 Å². The molecule has 5 atom stereocenters. The van der Waals surface area contributed by atoms with Crippen LogP contribution in [0.5, 0.6) is 0 Å². The zero-order chi connectivity index (χ0) is 26.0. The first-order valence-corrected chi connectivity index (χ1v) is 12.7. The third-order valence-electron chi connectivity index (χ3n) is 7.58. The maximum Gasteiger partial charge on any atom is 0.255 e. The zero-order valence-corrected chi connectivity index (χ0v) is 20.8. The van der Waals surface area contributed by atoms with Gasteiger partial charge in [0, 0.05) is 35.6 Å². The molecule has 194 valence electrons. The maximum absolute atomic E-state index is 14.9. The molecular formula is C25H30ClF2N5O3. The number of fused-ring (bicyclic) bond motifs is 3. The van der Waals surface area contributed by atoms with Crippen molar-refractivity contribution in [3.05, 3.63) is 28.8 Å². The van der Waals surface area contributed by atoms with Crippen LogP contribution < -0.4 is 16.0 Å². The largest absolute Gasteiger partial charge is 0.376 e. The highest BCUT2D eigenvalue weighted by Crippen LogP contribution is 2.49. The Bertz CT molecular complexity index is 1080. The fourth-order valence-corrected chi connectivity index (χ4v) is 5.85. The van der Waals surface area contributed by atoms with E-state index in [0.29, 0.717) is 30.1 Å². The third-order valence-corrected chi connectivity index (χ3v) is 7.99. The van der Waals surface area contributed by atoms with Crippen molar-refractivity contribution < 1.29 is 23.2 Å². The summed E-state index contributed by atoms with van der Waals surface area (Å²) in [5, 5.41) is 18.4. The summed E-state index contributed by atoms with van der Waals surface area (Å²) in [7, 11) is 0. The van der Waals surface area contributed by atoms with E-state index in [0.717, 1.165) is 12.0 Å². The quantitative estimate of drug-likeness (QED) is 0.510. The van der Waals surface area contributed by atoms with Crippen molar-refractivity contribution in [1.29, 1.82) is 5.26 Å². The first-order valence-electron chi connectivity index (χ1n) is 12.3. The van der Waals surface area contributed by atoms with E-state index in [2.05, 4.69) is 16.0 Å². The second kappa shape index (κ2) is 10.6. The van der Waals surface area contributed by atoms with E-state index in [1.54, 1.807) is 25.1 Å². The summed E-state index contributed by atoms with van der Waals surface area (Å²) in [4.78, 5) is 40.0. The zero-order valence-electron chi connectivity index (χ0n) is 20.0. The van der Waals surface area contributed by atoms with Crippen LogP contribution in [0, 0.1) is 30.1 Å². The number of carbonyl (C=O) groups is 3. The average molecular weight is 522 g/mol. The number of rotatable bonds is 7. The molecule has 3 aliphatic heterocycles. The maximum atomic E-state index is 14.9. The smallest absolute Gasteiger partial charge is 0.255 e. The average Bonchev–Trinajstić information content (AvgIpc) is 2.84. The molecule has 11 heteroatoms. The van der Waals surface area contributed by atoms with Gasteiger partial charge in [0.1, 0.15) is 12.1 Å². The standard InChI is InChI=1S/C25H30ClF2N5O3/c1-14-19(26)5-2-6-20(14)31-13-21(34)33-17-7-8-18(25(27,28)11-17)22(33)24(36)32-16(12-29)10-15-4-3-9-30-23(15)35/h2,5-6,15-18,22,31H,3-4,7-11,13H2,1H3,(H,30,35)(H,32,36)/t15-,16-,17-,18-,22-/m0/s1. The Labute approximate surface area is 213 Å². The molecule has 8 nitrogen and oxygen atoms in total. The van der Waals surface area contributed by atoms with Crippen LogP contribution in [-0.2, 0) is 14.4 Å². The van der Waals surface area contributed by atoms with Crippen LogP contribution in [0.2, 0.25) is 5.02 Å². The predicted molar refractivity (Wildman–Crippen MR) is 129 cm³/mol. The normalized spacial score (nSPS) is 27.5. The summed E-state index contributed by atoms with van der Waals surface area (Å²) < 4.78 is 29.7. The lowest BCUT2D eigenvalue weighted by molar-refractivity contribution is -0.193. The summed E-state index contributed by atoms with van der Waals surface area (Å²) in [6.45, 7) is 2.17. The Balaban J connectivity index is 1.50. The van der Waals surface area contributed by atoms with Crippen LogP contribution in [0.4, 0.5) is 14.5 Å². The highest BCUT2D eigenvalue weighted by atomic mass is 35.5. The second-order valence-electron chi connectivity index (χ2n) is 9.87. The van der Waals surface area contributed by atoms with E-state index in [1.807, 2.05) is 6.07 Å². The fraction of sp³-hybridized carbons (Fsp3) is 0.600. The molecule has 3 amide bonds. The van der Waals surface area contributed by atoms with Gasteiger partial charge >= 0.3 is 0 Å². The highest BCUT2D eigenvalue weighted by molar-refractivity contribution is 6.31. The molecule has 1 saturated carbocycles. The van der Waals surface area contributed by atoms with Gasteiger partial charge in [0.05, 0.1) is 18.5 Å². The molecule has 4 fully saturated rings. The Morgan fingerprint density at radius 1 is 1.33 bits per heavy atom. The molecule has 5 rings (SSSR count). The van der Waals surface area contributed by atoms with Gasteiger partial charge in [0.15, 0.2) is 0 Å². The number of hydrogen-bond donors (Lipinski definition) is 3. The van der Waals surface area contributed by atoms with Gasteiger partial charge in [0.25, 0.3) is 5.92 Å². The number of piperidine rings is 3. The summed E-state index contributed by atoms with van der Waals surface area (Å²) in [5.74, 6) is -6.30. The minimum absolute atomic E-state index is 0.0921. The van der Waals surface area contributed by atoms with Crippen LogP contribution >= 0.6 is 11.6 Å². The van der Waals surface area contributed by atoms with Crippen molar-refractivity contribution in [2.45, 2.75) is 69.5 Å². The van der Waals surface area contributed by atoms with Gasteiger partial charge in [0.2, 0.25) is 17.7 Å². The summed E-state index contributed by atoms with van der Waals surface area (Å²) in [6, 6.07) is 4.00. The number of carbonyl (C=O) groups excluding carboxylic acids is 3. The van der Waals surface area contributed by atoms with E-state index < -0.39 is 54.1 Å². The summed E-state index contributed by atoms with van der Waals surface area (Å²) in [6.07, 6.45) is 1.45. The minimum atomic E-state index is -3.09. The topological polar surface area (TPSA) is 114 Å². The number of hydrogen-bond acceptors (Lipinski definition) is 5. The first kappa shape index (κ1) is 26.1. The van der Waals surface area contributed by atoms with Gasteiger partial charge < -0.3 is 20.9 Å². The Morgan fingerprint density at radius 2 is 2.11 bits per heavy atom. The Kier molecular flexibility index (Phi) is 7.69. The second-order valence-corrected chi connectivity index (χ2v) is 10.3. The number of nitrogens with zero attached hydrogens (tertiary/aromatic N) is 2. The molecule has 2 bridgehead atoms. The van der Waals surface area contributed by atoms with E-state index in [-0.39, 0.29) is 25.3 Å². The Hall–Kier alpha value is -2.93. The van der Waals surface area contributed by atoms with Crippen molar-refractivity contribution in [1.82, 2.24) is 15.5 Å². The molecule has 3 heterocycles. The number of halogens is 3. The fourth-order valence-electron chi connectivity index (χ4n) is 5.67. The monoisotopic (exact) mass is 521 g/mol. The number of benzene rings is 1. The van der Waals surface area contributed by atoms with Crippen LogP contribution in [0.3, 0.4) is 0 Å². The minimum Gasteiger partial charge on any atom is -0.376 e.